The number of benzene rings is 1. The minimum atomic E-state index is -0.236. The predicted molar refractivity (Wildman–Crippen MR) is 98.7 cm³/mol. The normalized spacial score (nSPS) is 10.5. The first-order chi connectivity index (χ1) is 11.5. The molecule has 0 fully saturated rings. The highest BCUT2D eigenvalue weighted by Gasteiger charge is 2.12. The van der Waals surface area contributed by atoms with Gasteiger partial charge in [0.15, 0.2) is 0 Å². The summed E-state index contributed by atoms with van der Waals surface area (Å²) >= 11 is 0. The quantitative estimate of drug-likeness (QED) is 0.836. The number of carbonyl (C=O) groups is 1. The number of aromatic nitrogens is 2. The van der Waals surface area contributed by atoms with Crippen molar-refractivity contribution in [3.8, 4) is 0 Å². The molecule has 5 heteroatoms. The Labute approximate surface area is 144 Å². The van der Waals surface area contributed by atoms with E-state index in [4.69, 9.17) is 0 Å². The molecule has 2 rings (SSSR count). The zero-order valence-corrected chi connectivity index (χ0v) is 15.0. The van der Waals surface area contributed by atoms with Crippen LogP contribution < -0.4 is 10.2 Å². The Kier molecular flexibility index (Phi) is 6.29. The lowest BCUT2D eigenvalue weighted by Gasteiger charge is -2.22. The Morgan fingerprint density at radius 3 is 2.38 bits per heavy atom. The van der Waals surface area contributed by atoms with E-state index in [2.05, 4.69) is 34.0 Å². The maximum Gasteiger partial charge on any atom is 0.275 e. The molecule has 1 aromatic heterocycles. The summed E-state index contributed by atoms with van der Waals surface area (Å²) in [6.45, 7) is 10.1. The van der Waals surface area contributed by atoms with Crippen molar-refractivity contribution in [2.45, 2.75) is 40.5 Å². The Morgan fingerprint density at radius 1 is 1.08 bits per heavy atom. The van der Waals surface area contributed by atoms with Crippen LogP contribution in [-0.4, -0.2) is 29.0 Å². The summed E-state index contributed by atoms with van der Waals surface area (Å²) in [4.78, 5) is 23.3. The number of nitrogens with zero attached hydrogens (tertiary/aromatic N) is 3. The molecule has 128 valence electrons. The molecule has 0 saturated carbocycles. The van der Waals surface area contributed by atoms with Crippen molar-refractivity contribution < 1.29 is 4.79 Å². The van der Waals surface area contributed by atoms with Gasteiger partial charge in [0.1, 0.15) is 11.5 Å². The van der Waals surface area contributed by atoms with Crippen molar-refractivity contribution >= 4 is 17.4 Å². The monoisotopic (exact) mass is 326 g/mol. The third kappa shape index (κ3) is 4.54. The highest BCUT2D eigenvalue weighted by molar-refractivity contribution is 6.03. The molecule has 0 atom stereocenters. The molecule has 0 radical (unpaired) electrons. The smallest absolute Gasteiger partial charge is 0.275 e. The van der Waals surface area contributed by atoms with Crippen molar-refractivity contribution in [1.82, 2.24) is 9.97 Å². The first-order valence-electron chi connectivity index (χ1n) is 8.50. The molecule has 0 unspecified atom stereocenters. The van der Waals surface area contributed by atoms with Gasteiger partial charge in [0, 0.05) is 18.8 Å². The molecule has 1 N–H and O–H groups in total. The lowest BCUT2D eigenvalue weighted by atomic mass is 10.1. The van der Waals surface area contributed by atoms with Gasteiger partial charge < -0.3 is 10.2 Å². The molecule has 1 amide bonds. The van der Waals surface area contributed by atoms with Crippen LogP contribution in [0.2, 0.25) is 0 Å². The fourth-order valence-corrected chi connectivity index (χ4v) is 2.54. The molecule has 0 aliphatic heterocycles. The van der Waals surface area contributed by atoms with Gasteiger partial charge in [-0.1, -0.05) is 26.0 Å². The molecular formula is C19H26N4O. The molecule has 0 spiro atoms. The van der Waals surface area contributed by atoms with Gasteiger partial charge in [-0.3, -0.25) is 4.79 Å². The largest absolute Gasteiger partial charge is 0.355 e. The Balaban J connectivity index is 2.12. The zero-order valence-electron chi connectivity index (χ0n) is 15.0. The van der Waals surface area contributed by atoms with E-state index in [1.807, 2.05) is 32.0 Å². The number of hydrogen-bond donors (Lipinski definition) is 1. The number of aryl methyl sites for hydroxylation is 2. The summed E-state index contributed by atoms with van der Waals surface area (Å²) in [5.41, 5.74) is 3.26. The van der Waals surface area contributed by atoms with Crippen LogP contribution in [0.3, 0.4) is 0 Å². The van der Waals surface area contributed by atoms with E-state index in [-0.39, 0.29) is 5.91 Å². The molecule has 24 heavy (non-hydrogen) atoms. The number of amides is 1. The summed E-state index contributed by atoms with van der Waals surface area (Å²) in [7, 11) is 0. The molecule has 0 saturated heterocycles. The van der Waals surface area contributed by atoms with Gasteiger partial charge in [0.05, 0.1) is 12.4 Å². The number of hydrogen-bond acceptors (Lipinski definition) is 4. The zero-order chi connectivity index (χ0) is 17.5. The first-order valence-corrected chi connectivity index (χ1v) is 8.50. The fourth-order valence-electron chi connectivity index (χ4n) is 2.54. The fraction of sp³-hybridized carbons (Fsp3) is 0.421. The van der Waals surface area contributed by atoms with Crippen molar-refractivity contribution in [1.29, 1.82) is 0 Å². The summed E-state index contributed by atoms with van der Waals surface area (Å²) in [5.74, 6) is 0.585. The topological polar surface area (TPSA) is 58.1 Å². The minimum Gasteiger partial charge on any atom is -0.355 e. The number of anilines is 2. The molecule has 1 aromatic carbocycles. The summed E-state index contributed by atoms with van der Waals surface area (Å²) in [5, 5.41) is 2.91. The lowest BCUT2D eigenvalue weighted by Crippen LogP contribution is -2.26. The van der Waals surface area contributed by atoms with E-state index in [0.717, 1.165) is 48.6 Å². The van der Waals surface area contributed by atoms with Crippen LogP contribution in [0.5, 0.6) is 0 Å². The molecular weight excluding hydrogens is 300 g/mol. The highest BCUT2D eigenvalue weighted by atomic mass is 16.1. The van der Waals surface area contributed by atoms with Crippen molar-refractivity contribution in [2.75, 3.05) is 23.3 Å². The Morgan fingerprint density at radius 2 is 1.79 bits per heavy atom. The van der Waals surface area contributed by atoms with Crippen molar-refractivity contribution in [3.05, 3.63) is 47.4 Å². The average Bonchev–Trinajstić information content (AvgIpc) is 2.58. The van der Waals surface area contributed by atoms with Gasteiger partial charge in [0.25, 0.3) is 5.91 Å². The second-order valence-corrected chi connectivity index (χ2v) is 6.02. The number of carbonyl (C=O) groups excluding carboxylic acids is 1. The van der Waals surface area contributed by atoms with E-state index in [0.29, 0.717) is 5.69 Å². The third-order valence-corrected chi connectivity index (χ3v) is 3.82. The van der Waals surface area contributed by atoms with Gasteiger partial charge in [0.2, 0.25) is 0 Å². The van der Waals surface area contributed by atoms with Crippen LogP contribution in [0.15, 0.2) is 30.6 Å². The molecule has 1 heterocycles. The van der Waals surface area contributed by atoms with Gasteiger partial charge in [-0.2, -0.15) is 0 Å². The average molecular weight is 326 g/mol. The van der Waals surface area contributed by atoms with E-state index in [9.17, 15) is 4.79 Å². The lowest BCUT2D eigenvalue weighted by molar-refractivity contribution is 0.102. The first kappa shape index (κ1) is 17.9. The SMILES string of the molecule is CCCN(CCC)c1cnc(C(=O)Nc2cc(C)ccc2C)cn1. The highest BCUT2D eigenvalue weighted by Crippen LogP contribution is 2.17. The van der Waals surface area contributed by atoms with E-state index >= 15 is 0 Å². The molecule has 5 nitrogen and oxygen atoms in total. The van der Waals surface area contributed by atoms with Crippen LogP contribution in [0.1, 0.15) is 48.3 Å². The van der Waals surface area contributed by atoms with Crippen LogP contribution in [0.25, 0.3) is 0 Å². The van der Waals surface area contributed by atoms with Crippen LogP contribution >= 0.6 is 0 Å². The van der Waals surface area contributed by atoms with Crippen molar-refractivity contribution in [3.63, 3.8) is 0 Å². The molecule has 0 bridgehead atoms. The van der Waals surface area contributed by atoms with Gasteiger partial charge in [-0.15, -0.1) is 0 Å². The maximum atomic E-state index is 12.4. The molecule has 2 aromatic rings. The van der Waals surface area contributed by atoms with Crippen molar-refractivity contribution in [2.24, 2.45) is 0 Å². The molecule has 0 aliphatic rings. The maximum absolute atomic E-state index is 12.4. The summed E-state index contributed by atoms with van der Waals surface area (Å²) in [6.07, 6.45) is 5.34. The second-order valence-electron chi connectivity index (χ2n) is 6.02. The summed E-state index contributed by atoms with van der Waals surface area (Å²) < 4.78 is 0. The summed E-state index contributed by atoms with van der Waals surface area (Å²) in [6, 6.07) is 5.97. The number of nitrogens with one attached hydrogen (secondary N) is 1. The Hall–Kier alpha value is -2.43. The van der Waals surface area contributed by atoms with Crippen LogP contribution in [0, 0.1) is 13.8 Å². The van der Waals surface area contributed by atoms with E-state index in [1.165, 1.54) is 0 Å². The minimum absolute atomic E-state index is 0.236. The Bertz CT molecular complexity index is 676. The molecule has 0 aliphatic carbocycles. The van der Waals surface area contributed by atoms with Gasteiger partial charge >= 0.3 is 0 Å². The van der Waals surface area contributed by atoms with E-state index < -0.39 is 0 Å². The van der Waals surface area contributed by atoms with Gasteiger partial charge in [-0.05, 0) is 43.9 Å². The van der Waals surface area contributed by atoms with E-state index in [1.54, 1.807) is 12.4 Å². The second kappa shape index (κ2) is 8.43. The van der Waals surface area contributed by atoms with Crippen LogP contribution in [0.4, 0.5) is 11.5 Å². The number of rotatable bonds is 7. The van der Waals surface area contributed by atoms with Gasteiger partial charge in [-0.25, -0.2) is 9.97 Å². The third-order valence-electron chi connectivity index (χ3n) is 3.82. The predicted octanol–water partition coefficient (Wildman–Crippen LogP) is 3.97. The standard InChI is InChI=1S/C19H26N4O/c1-5-9-23(10-6-2)18-13-20-17(12-21-18)19(24)22-16-11-14(3)7-8-15(16)4/h7-8,11-13H,5-6,9-10H2,1-4H3,(H,22,24). The van der Waals surface area contributed by atoms with Crippen LogP contribution in [-0.2, 0) is 0 Å².